The summed E-state index contributed by atoms with van der Waals surface area (Å²) in [5, 5.41) is 3.72. The molecule has 1 aliphatic heterocycles. The van der Waals surface area contributed by atoms with Crippen LogP contribution in [0.5, 0.6) is 0 Å². The Morgan fingerprint density at radius 2 is 2.17 bits per heavy atom. The second-order valence-corrected chi connectivity index (χ2v) is 6.18. The lowest BCUT2D eigenvalue weighted by Gasteiger charge is -2.28. The van der Waals surface area contributed by atoms with Gasteiger partial charge in [-0.2, -0.15) is 0 Å². The number of fused-ring (bicyclic) bond motifs is 2. The molecule has 0 amide bonds. The molecule has 1 aromatic carbocycles. The molecule has 2 aliphatic rings. The van der Waals surface area contributed by atoms with E-state index in [9.17, 15) is 0 Å². The van der Waals surface area contributed by atoms with Gasteiger partial charge in [0.25, 0.3) is 0 Å². The first-order chi connectivity index (χ1) is 8.66. The number of aryl methyl sites for hydroxylation is 1. The molecular formula is C17H23N. The lowest BCUT2D eigenvalue weighted by atomic mass is 9.89. The van der Waals surface area contributed by atoms with Gasteiger partial charge in [0, 0.05) is 6.04 Å². The monoisotopic (exact) mass is 241 g/mol. The third-order valence-corrected chi connectivity index (χ3v) is 4.32. The van der Waals surface area contributed by atoms with Gasteiger partial charge in [-0.1, -0.05) is 32.0 Å². The normalized spacial score (nSPS) is 22.3. The largest absolute Gasteiger partial charge is 0.310 e. The van der Waals surface area contributed by atoms with E-state index in [2.05, 4.69) is 44.3 Å². The Morgan fingerprint density at radius 3 is 2.94 bits per heavy atom. The highest BCUT2D eigenvalue weighted by atomic mass is 14.9. The van der Waals surface area contributed by atoms with Crippen molar-refractivity contribution in [2.45, 2.75) is 46.1 Å². The number of hydrogen-bond acceptors (Lipinski definition) is 1. The maximum absolute atomic E-state index is 3.72. The molecular weight excluding hydrogens is 218 g/mol. The van der Waals surface area contributed by atoms with Gasteiger partial charge >= 0.3 is 0 Å². The van der Waals surface area contributed by atoms with Crippen molar-refractivity contribution >= 4 is 5.57 Å². The van der Waals surface area contributed by atoms with Crippen molar-refractivity contribution in [2.24, 2.45) is 5.92 Å². The van der Waals surface area contributed by atoms with Crippen LogP contribution in [0.1, 0.15) is 43.4 Å². The first kappa shape index (κ1) is 12.0. The lowest BCUT2D eigenvalue weighted by Crippen LogP contribution is -2.36. The van der Waals surface area contributed by atoms with E-state index in [1.807, 2.05) is 0 Å². The minimum Gasteiger partial charge on any atom is -0.310 e. The maximum Gasteiger partial charge on any atom is 0.0291 e. The zero-order chi connectivity index (χ0) is 12.7. The molecule has 1 heteroatoms. The highest BCUT2D eigenvalue weighted by Gasteiger charge is 2.30. The van der Waals surface area contributed by atoms with E-state index >= 15 is 0 Å². The Balaban J connectivity index is 1.99. The molecule has 1 atom stereocenters. The fourth-order valence-corrected chi connectivity index (χ4v) is 3.59. The fraction of sp³-hybridized carbons (Fsp3) is 0.529. The molecule has 1 unspecified atom stereocenters. The van der Waals surface area contributed by atoms with Crippen molar-refractivity contribution in [1.82, 2.24) is 5.32 Å². The van der Waals surface area contributed by atoms with E-state index in [1.54, 1.807) is 22.3 Å². The summed E-state index contributed by atoms with van der Waals surface area (Å²) in [6.45, 7) is 8.05. The van der Waals surface area contributed by atoms with Crippen LogP contribution in [0.4, 0.5) is 0 Å². The third kappa shape index (κ3) is 1.91. The van der Waals surface area contributed by atoms with Crippen molar-refractivity contribution in [3.05, 3.63) is 40.5 Å². The average molecular weight is 241 g/mol. The molecule has 0 fully saturated rings. The quantitative estimate of drug-likeness (QED) is 0.832. The van der Waals surface area contributed by atoms with Crippen LogP contribution in [0.3, 0.4) is 0 Å². The van der Waals surface area contributed by atoms with Gasteiger partial charge in [-0.3, -0.25) is 0 Å². The first-order valence-corrected chi connectivity index (χ1v) is 7.21. The maximum atomic E-state index is 3.72. The van der Waals surface area contributed by atoms with E-state index in [-0.39, 0.29) is 0 Å². The Labute approximate surface area is 110 Å². The van der Waals surface area contributed by atoms with Crippen LogP contribution < -0.4 is 5.32 Å². The minimum absolute atomic E-state index is 0.612. The van der Waals surface area contributed by atoms with Gasteiger partial charge in [-0.15, -0.1) is 0 Å². The predicted molar refractivity (Wildman–Crippen MR) is 77.7 cm³/mol. The van der Waals surface area contributed by atoms with Crippen LogP contribution in [0.25, 0.3) is 5.57 Å². The van der Waals surface area contributed by atoms with Crippen molar-refractivity contribution in [1.29, 1.82) is 0 Å². The van der Waals surface area contributed by atoms with Crippen molar-refractivity contribution in [2.75, 3.05) is 6.54 Å². The van der Waals surface area contributed by atoms with Gasteiger partial charge < -0.3 is 5.32 Å². The molecule has 0 radical (unpaired) electrons. The van der Waals surface area contributed by atoms with Crippen LogP contribution in [-0.4, -0.2) is 12.6 Å². The number of benzene rings is 1. The second kappa shape index (κ2) is 4.55. The van der Waals surface area contributed by atoms with Gasteiger partial charge in [0.05, 0.1) is 0 Å². The zero-order valence-corrected chi connectivity index (χ0v) is 11.7. The summed E-state index contributed by atoms with van der Waals surface area (Å²) in [6.07, 6.45) is 3.66. The number of hydrogen-bond donors (Lipinski definition) is 1. The van der Waals surface area contributed by atoms with Gasteiger partial charge in [-0.25, -0.2) is 0 Å². The molecule has 0 saturated carbocycles. The summed E-state index contributed by atoms with van der Waals surface area (Å²) in [5.74, 6) is 0.763. The molecule has 0 saturated heterocycles. The molecule has 0 aromatic heterocycles. The Kier molecular flexibility index (Phi) is 3.03. The molecule has 1 aliphatic carbocycles. The van der Waals surface area contributed by atoms with Crippen LogP contribution in [0, 0.1) is 12.8 Å². The molecule has 1 aromatic rings. The van der Waals surface area contributed by atoms with Crippen LogP contribution in [0.15, 0.2) is 23.8 Å². The van der Waals surface area contributed by atoms with Gasteiger partial charge in [0.15, 0.2) is 0 Å². The van der Waals surface area contributed by atoms with E-state index in [0.29, 0.717) is 6.04 Å². The molecule has 1 N–H and O–H groups in total. The van der Waals surface area contributed by atoms with Gasteiger partial charge in [0.1, 0.15) is 0 Å². The SMILES string of the molecule is Cc1cccc2c1C1=C(C2)C(CC(C)C)NCC1. The summed E-state index contributed by atoms with van der Waals surface area (Å²) in [7, 11) is 0. The second-order valence-electron chi connectivity index (χ2n) is 6.18. The van der Waals surface area contributed by atoms with E-state index in [4.69, 9.17) is 0 Å². The molecule has 3 rings (SSSR count). The molecule has 1 heterocycles. The number of rotatable bonds is 2. The standard InChI is InChI=1S/C17H23N/c1-11(2)9-16-15-10-13-6-4-5-12(3)17(13)14(15)7-8-18-16/h4-6,11,16,18H,7-10H2,1-3H3. The summed E-state index contributed by atoms with van der Waals surface area (Å²) in [4.78, 5) is 0. The Morgan fingerprint density at radius 1 is 1.33 bits per heavy atom. The minimum atomic E-state index is 0.612. The summed E-state index contributed by atoms with van der Waals surface area (Å²) >= 11 is 0. The van der Waals surface area contributed by atoms with Crippen LogP contribution in [-0.2, 0) is 6.42 Å². The van der Waals surface area contributed by atoms with E-state index in [0.717, 1.165) is 12.5 Å². The van der Waals surface area contributed by atoms with Crippen LogP contribution in [0.2, 0.25) is 0 Å². The lowest BCUT2D eigenvalue weighted by molar-refractivity contribution is 0.449. The molecule has 96 valence electrons. The predicted octanol–water partition coefficient (Wildman–Crippen LogP) is 3.71. The summed E-state index contributed by atoms with van der Waals surface area (Å²) < 4.78 is 0. The van der Waals surface area contributed by atoms with E-state index in [1.165, 1.54) is 24.8 Å². The highest BCUT2D eigenvalue weighted by molar-refractivity contribution is 5.80. The smallest absolute Gasteiger partial charge is 0.0291 e. The van der Waals surface area contributed by atoms with Gasteiger partial charge in [0.2, 0.25) is 0 Å². The topological polar surface area (TPSA) is 12.0 Å². The molecule has 0 spiro atoms. The zero-order valence-electron chi connectivity index (χ0n) is 11.7. The first-order valence-electron chi connectivity index (χ1n) is 7.21. The Hall–Kier alpha value is -1.08. The highest BCUT2D eigenvalue weighted by Crippen LogP contribution is 2.41. The van der Waals surface area contributed by atoms with Gasteiger partial charge in [-0.05, 0) is 66.5 Å². The fourth-order valence-electron chi connectivity index (χ4n) is 3.59. The van der Waals surface area contributed by atoms with Crippen LogP contribution >= 0.6 is 0 Å². The average Bonchev–Trinajstić information content (AvgIpc) is 2.69. The third-order valence-electron chi connectivity index (χ3n) is 4.32. The molecule has 18 heavy (non-hydrogen) atoms. The molecule has 0 bridgehead atoms. The molecule has 1 nitrogen and oxygen atoms in total. The van der Waals surface area contributed by atoms with Crippen molar-refractivity contribution < 1.29 is 0 Å². The number of nitrogens with one attached hydrogen (secondary N) is 1. The Bertz CT molecular complexity index is 496. The van der Waals surface area contributed by atoms with Crippen molar-refractivity contribution in [3.8, 4) is 0 Å². The van der Waals surface area contributed by atoms with E-state index < -0.39 is 0 Å². The summed E-state index contributed by atoms with van der Waals surface area (Å²) in [6, 6.07) is 7.39. The summed E-state index contributed by atoms with van der Waals surface area (Å²) in [5.41, 5.74) is 7.93. The van der Waals surface area contributed by atoms with Crippen molar-refractivity contribution in [3.63, 3.8) is 0 Å².